The minimum absolute atomic E-state index is 1.03. The molecule has 0 amide bonds. The largest absolute Gasteiger partial charge is 0.363 e. The van der Waals surface area contributed by atoms with Crippen molar-refractivity contribution in [2.24, 2.45) is 0 Å². The van der Waals surface area contributed by atoms with Crippen LogP contribution in [0.1, 0.15) is 16.7 Å². The fraction of sp³-hybridized carbons (Fsp3) is 0.200. The summed E-state index contributed by atoms with van der Waals surface area (Å²) in [6.45, 7) is 4.19. The molecule has 2 aromatic rings. The molecule has 0 fully saturated rings. The molecule has 0 saturated carbocycles. The van der Waals surface area contributed by atoms with Gasteiger partial charge in [-0.15, -0.1) is 0 Å². The number of halogens is 1. The van der Waals surface area contributed by atoms with Crippen molar-refractivity contribution < 1.29 is 0 Å². The minimum Gasteiger partial charge on any atom is -0.363 e. The third kappa shape index (κ3) is 1.98. The Kier molecular flexibility index (Phi) is 2.67. The van der Waals surface area contributed by atoms with Crippen molar-refractivity contribution in [2.75, 3.05) is 4.90 Å². The van der Waals surface area contributed by atoms with Gasteiger partial charge in [0.2, 0.25) is 0 Å². The Morgan fingerprint density at radius 2 is 1.65 bits per heavy atom. The van der Waals surface area contributed by atoms with Gasteiger partial charge in [0.1, 0.15) is 0 Å². The quantitative estimate of drug-likeness (QED) is 0.757. The number of fused-ring (bicyclic) bond motifs is 1. The van der Waals surface area contributed by atoms with Crippen LogP contribution >= 0.6 is 15.9 Å². The summed E-state index contributed by atoms with van der Waals surface area (Å²) >= 11 is 3.55. The molecule has 0 aliphatic carbocycles. The van der Waals surface area contributed by atoms with Crippen LogP contribution in [0.3, 0.4) is 0 Å². The first-order valence-electron chi connectivity index (χ1n) is 5.82. The van der Waals surface area contributed by atoms with Crippen molar-refractivity contribution in [3.8, 4) is 0 Å². The standard InChI is InChI=1S/C15H14BrN/c1-11-8-14(6-7-15(11)16)17-9-12-4-2-3-5-13(12)10-17/h2-8H,9-10H2,1H3. The van der Waals surface area contributed by atoms with Gasteiger partial charge in [0.15, 0.2) is 0 Å². The number of hydrogen-bond acceptors (Lipinski definition) is 1. The highest BCUT2D eigenvalue weighted by atomic mass is 79.9. The molecule has 1 aliphatic heterocycles. The predicted molar refractivity (Wildman–Crippen MR) is 75.2 cm³/mol. The van der Waals surface area contributed by atoms with E-state index in [0.717, 1.165) is 13.1 Å². The van der Waals surface area contributed by atoms with Gasteiger partial charge in [-0.2, -0.15) is 0 Å². The van der Waals surface area contributed by atoms with Crippen LogP contribution in [0.5, 0.6) is 0 Å². The highest BCUT2D eigenvalue weighted by Crippen LogP contribution is 2.30. The SMILES string of the molecule is Cc1cc(N2Cc3ccccc3C2)ccc1Br. The van der Waals surface area contributed by atoms with Gasteiger partial charge in [0.25, 0.3) is 0 Å². The normalized spacial score (nSPS) is 13.9. The Hall–Kier alpha value is -1.28. The van der Waals surface area contributed by atoms with Crippen LogP contribution < -0.4 is 4.90 Å². The maximum Gasteiger partial charge on any atom is 0.0436 e. The number of benzene rings is 2. The summed E-state index contributed by atoms with van der Waals surface area (Å²) in [5.74, 6) is 0. The first-order chi connectivity index (χ1) is 8.24. The van der Waals surface area contributed by atoms with Gasteiger partial charge < -0.3 is 4.90 Å². The summed E-state index contributed by atoms with van der Waals surface area (Å²) in [5, 5.41) is 0. The van der Waals surface area contributed by atoms with Gasteiger partial charge in [-0.05, 0) is 41.8 Å². The lowest BCUT2D eigenvalue weighted by Gasteiger charge is -2.18. The zero-order chi connectivity index (χ0) is 11.8. The molecule has 86 valence electrons. The first-order valence-corrected chi connectivity index (χ1v) is 6.61. The van der Waals surface area contributed by atoms with Gasteiger partial charge in [0.05, 0.1) is 0 Å². The molecular formula is C15H14BrN. The maximum atomic E-state index is 3.55. The molecule has 0 N–H and O–H groups in total. The number of nitrogens with zero attached hydrogens (tertiary/aromatic N) is 1. The molecule has 0 bridgehead atoms. The molecule has 2 heteroatoms. The Morgan fingerprint density at radius 1 is 1.00 bits per heavy atom. The second kappa shape index (κ2) is 4.19. The summed E-state index contributed by atoms with van der Waals surface area (Å²) < 4.78 is 1.18. The van der Waals surface area contributed by atoms with E-state index >= 15 is 0 Å². The van der Waals surface area contributed by atoms with Crippen LogP contribution in [0.15, 0.2) is 46.9 Å². The van der Waals surface area contributed by atoms with Gasteiger partial charge in [-0.1, -0.05) is 40.2 Å². The average molecular weight is 288 g/mol. The lowest BCUT2D eigenvalue weighted by atomic mass is 10.1. The smallest absolute Gasteiger partial charge is 0.0436 e. The molecule has 3 rings (SSSR count). The lowest BCUT2D eigenvalue weighted by Crippen LogP contribution is -2.14. The molecule has 0 aromatic heterocycles. The van der Waals surface area contributed by atoms with E-state index in [1.807, 2.05) is 0 Å². The van der Waals surface area contributed by atoms with Crippen LogP contribution in [0.2, 0.25) is 0 Å². The van der Waals surface area contributed by atoms with E-state index < -0.39 is 0 Å². The van der Waals surface area contributed by atoms with Crippen molar-refractivity contribution in [3.05, 3.63) is 63.6 Å². The zero-order valence-corrected chi connectivity index (χ0v) is 11.4. The highest BCUT2D eigenvalue weighted by molar-refractivity contribution is 9.10. The number of hydrogen-bond donors (Lipinski definition) is 0. The van der Waals surface area contributed by atoms with Crippen molar-refractivity contribution >= 4 is 21.6 Å². The summed E-state index contributed by atoms with van der Waals surface area (Å²) in [6.07, 6.45) is 0. The average Bonchev–Trinajstić information content (AvgIpc) is 2.76. The second-order valence-electron chi connectivity index (χ2n) is 4.56. The van der Waals surface area contributed by atoms with Crippen molar-refractivity contribution in [1.29, 1.82) is 0 Å². The molecule has 0 atom stereocenters. The Labute approximate surface area is 110 Å². The summed E-state index contributed by atoms with van der Waals surface area (Å²) in [5.41, 5.74) is 5.50. The molecule has 1 heterocycles. The molecule has 0 radical (unpaired) electrons. The zero-order valence-electron chi connectivity index (χ0n) is 9.78. The van der Waals surface area contributed by atoms with E-state index in [9.17, 15) is 0 Å². The van der Waals surface area contributed by atoms with E-state index in [4.69, 9.17) is 0 Å². The fourth-order valence-electron chi connectivity index (χ4n) is 2.34. The first kappa shape index (κ1) is 10.8. The van der Waals surface area contributed by atoms with E-state index in [-0.39, 0.29) is 0 Å². The van der Waals surface area contributed by atoms with E-state index in [1.165, 1.54) is 26.9 Å². The summed E-state index contributed by atoms with van der Waals surface area (Å²) in [7, 11) is 0. The molecule has 1 nitrogen and oxygen atoms in total. The van der Waals surface area contributed by atoms with Crippen LogP contribution in [0.25, 0.3) is 0 Å². The highest BCUT2D eigenvalue weighted by Gasteiger charge is 2.18. The number of anilines is 1. The molecule has 17 heavy (non-hydrogen) atoms. The van der Waals surface area contributed by atoms with Crippen LogP contribution in [0, 0.1) is 6.92 Å². The minimum atomic E-state index is 1.03. The van der Waals surface area contributed by atoms with Crippen LogP contribution in [-0.4, -0.2) is 0 Å². The molecule has 1 aliphatic rings. The van der Waals surface area contributed by atoms with Gasteiger partial charge in [-0.25, -0.2) is 0 Å². The van der Waals surface area contributed by atoms with Gasteiger partial charge in [-0.3, -0.25) is 0 Å². The van der Waals surface area contributed by atoms with Crippen molar-refractivity contribution in [2.45, 2.75) is 20.0 Å². The van der Waals surface area contributed by atoms with E-state index in [0.29, 0.717) is 0 Å². The third-order valence-electron chi connectivity index (χ3n) is 3.35. The topological polar surface area (TPSA) is 3.24 Å². The molecule has 0 saturated heterocycles. The Morgan fingerprint density at radius 3 is 2.24 bits per heavy atom. The van der Waals surface area contributed by atoms with Crippen LogP contribution in [0.4, 0.5) is 5.69 Å². The van der Waals surface area contributed by atoms with Crippen molar-refractivity contribution in [3.63, 3.8) is 0 Å². The summed E-state index contributed by atoms with van der Waals surface area (Å²) in [6, 6.07) is 15.2. The predicted octanol–water partition coefficient (Wildman–Crippen LogP) is 4.28. The molecule has 0 spiro atoms. The third-order valence-corrected chi connectivity index (χ3v) is 4.24. The van der Waals surface area contributed by atoms with E-state index in [1.54, 1.807) is 0 Å². The molecule has 2 aromatic carbocycles. The molecule has 0 unspecified atom stereocenters. The monoisotopic (exact) mass is 287 g/mol. The fourth-order valence-corrected chi connectivity index (χ4v) is 2.59. The van der Waals surface area contributed by atoms with Crippen LogP contribution in [-0.2, 0) is 13.1 Å². The maximum absolute atomic E-state index is 3.55. The Balaban J connectivity index is 1.91. The van der Waals surface area contributed by atoms with Crippen molar-refractivity contribution in [1.82, 2.24) is 0 Å². The van der Waals surface area contributed by atoms with Gasteiger partial charge >= 0.3 is 0 Å². The Bertz CT molecular complexity index is 538. The lowest BCUT2D eigenvalue weighted by molar-refractivity contribution is 0.879. The second-order valence-corrected chi connectivity index (χ2v) is 5.41. The van der Waals surface area contributed by atoms with E-state index in [2.05, 4.69) is 70.2 Å². The molecular weight excluding hydrogens is 274 g/mol. The number of aryl methyl sites for hydroxylation is 1. The number of rotatable bonds is 1. The van der Waals surface area contributed by atoms with Gasteiger partial charge in [0, 0.05) is 23.2 Å². The summed E-state index contributed by atoms with van der Waals surface area (Å²) in [4.78, 5) is 2.42.